The van der Waals surface area contributed by atoms with Crippen molar-refractivity contribution in [3.8, 4) is 73.2 Å². The lowest BCUT2D eigenvalue weighted by Gasteiger charge is -2.17. The van der Waals surface area contributed by atoms with Crippen LogP contribution in [0.2, 0.25) is 0 Å². The van der Waals surface area contributed by atoms with Gasteiger partial charge in [-0.2, -0.15) is 0 Å². The summed E-state index contributed by atoms with van der Waals surface area (Å²) in [6.45, 7) is 0. The topological polar surface area (TPSA) is 43.6 Å². The zero-order chi connectivity index (χ0) is 51.4. The maximum atomic E-state index is 9.82. The van der Waals surface area contributed by atoms with Crippen molar-refractivity contribution >= 4 is 53.3 Å². The lowest BCUT2D eigenvalue weighted by atomic mass is 9.96. The molecule has 0 aliphatic rings. The fourth-order valence-corrected chi connectivity index (χ4v) is 9.26. The second-order valence-corrected chi connectivity index (χ2v) is 15.7. The minimum Gasteiger partial charge on any atom is -0.309 e. The van der Waals surface area contributed by atoms with Crippen LogP contribution in [0, 0.1) is 0 Å². The van der Waals surface area contributed by atoms with Gasteiger partial charge in [-0.3, -0.25) is 0 Å². The first kappa shape index (κ1) is 25.6. The van der Waals surface area contributed by atoms with Gasteiger partial charge < -0.3 is 4.57 Å². The molecule has 4 nitrogen and oxygen atoms in total. The van der Waals surface area contributed by atoms with Gasteiger partial charge in [0, 0.05) is 47.6 Å². The van der Waals surface area contributed by atoms with E-state index in [-0.39, 0.29) is 33.3 Å². The Labute approximate surface area is 379 Å². The molecular weight excluding hydrogens is 773 g/mol. The summed E-state index contributed by atoms with van der Waals surface area (Å²) in [7, 11) is 0. The molecule has 0 atom stereocenters. The van der Waals surface area contributed by atoms with Gasteiger partial charge in [-0.15, -0.1) is 11.3 Å². The molecule has 0 amide bonds. The van der Waals surface area contributed by atoms with Crippen LogP contribution in [0.3, 0.4) is 0 Å². The number of hydrogen-bond donors (Lipinski definition) is 0. The first-order valence-corrected chi connectivity index (χ1v) is 20.7. The summed E-state index contributed by atoms with van der Waals surface area (Å²) in [5.41, 5.74) is 4.38. The van der Waals surface area contributed by atoms with E-state index in [9.17, 15) is 6.85 Å². The Kier molecular flexibility index (Phi) is 6.16. The third-order valence-corrected chi connectivity index (χ3v) is 12.2. The molecule has 290 valence electrons. The third kappa shape index (κ3) is 6.18. The normalized spacial score (nSPS) is 14.3. The average molecular weight is 821 g/mol. The van der Waals surface area contributed by atoms with E-state index in [1.807, 2.05) is 121 Å². The number of nitrogens with zero attached hydrogens (tertiary/aromatic N) is 4. The van der Waals surface area contributed by atoms with Gasteiger partial charge in [0.25, 0.3) is 0 Å². The van der Waals surface area contributed by atoms with E-state index in [0.717, 1.165) is 42.4 Å². The van der Waals surface area contributed by atoms with Gasteiger partial charge in [-0.25, -0.2) is 15.0 Å². The summed E-state index contributed by atoms with van der Waals surface area (Å²) in [5, 5.41) is 1.73. The Morgan fingerprint density at radius 1 is 0.387 bits per heavy atom. The van der Waals surface area contributed by atoms with Crippen molar-refractivity contribution in [2.24, 2.45) is 0 Å². The molecular formula is C57H36N4S. The Hall–Kier alpha value is -7.99. The first-order chi connectivity index (χ1) is 35.7. The second-order valence-electron chi connectivity index (χ2n) is 14.7. The number of fused-ring (bicyclic) bond motifs is 6. The van der Waals surface area contributed by atoms with Gasteiger partial charge in [0.15, 0.2) is 17.5 Å². The monoisotopic (exact) mass is 820 g/mol. The van der Waals surface area contributed by atoms with E-state index in [1.165, 1.54) is 4.57 Å². The Morgan fingerprint density at radius 2 is 1.00 bits per heavy atom. The summed E-state index contributed by atoms with van der Waals surface area (Å²) in [4.78, 5) is 15.4. The highest BCUT2D eigenvalue weighted by atomic mass is 32.1. The summed E-state index contributed by atoms with van der Waals surface area (Å²) < 4.78 is 112. The molecule has 0 bridgehead atoms. The molecule has 0 fully saturated rings. The SMILES string of the molecule is [2H]c1c([2H])c([2H])c(-c2c([2H])c([2H])c3c(c2[2H])c2c([2H])c([2H])c([2H])c([2H])c2n3-c2ccc(-c3cccc4sc5ccccc5c34)cc2-c2nc(-c3ccccc3)nc(-c3ccc(-c4ccccc4)cc3)n2)c([2H])c1[2H]. The largest absolute Gasteiger partial charge is 0.309 e. The highest BCUT2D eigenvalue weighted by molar-refractivity contribution is 7.25. The zero-order valence-corrected chi connectivity index (χ0v) is 33.4. The molecule has 0 saturated carbocycles. The molecule has 3 aromatic heterocycles. The summed E-state index contributed by atoms with van der Waals surface area (Å²) in [6, 6.07) is 39.5. The molecule has 0 spiro atoms. The molecule has 3 heterocycles. The van der Waals surface area contributed by atoms with E-state index in [0.29, 0.717) is 28.3 Å². The lowest BCUT2D eigenvalue weighted by Crippen LogP contribution is -2.04. The number of rotatable bonds is 7. The van der Waals surface area contributed by atoms with E-state index in [2.05, 4.69) is 18.2 Å². The van der Waals surface area contributed by atoms with Gasteiger partial charge in [-0.1, -0.05) is 176 Å². The van der Waals surface area contributed by atoms with Crippen LogP contribution < -0.4 is 0 Å². The van der Waals surface area contributed by atoms with E-state index >= 15 is 0 Å². The lowest BCUT2D eigenvalue weighted by molar-refractivity contribution is 1.06. The quantitative estimate of drug-likeness (QED) is 0.161. The Bertz CT molecular complexity index is 4300. The molecule has 9 aromatic carbocycles. The van der Waals surface area contributed by atoms with Crippen LogP contribution in [0.4, 0.5) is 0 Å². The Balaban J connectivity index is 1.22. The van der Waals surface area contributed by atoms with Crippen molar-refractivity contribution < 1.29 is 16.4 Å². The van der Waals surface area contributed by atoms with Gasteiger partial charge in [0.05, 0.1) is 33.2 Å². The van der Waals surface area contributed by atoms with E-state index < -0.39 is 83.6 Å². The predicted molar refractivity (Wildman–Crippen MR) is 260 cm³/mol. The molecule has 0 N–H and O–H groups in total. The maximum absolute atomic E-state index is 9.82. The highest BCUT2D eigenvalue weighted by Crippen LogP contribution is 2.43. The summed E-state index contributed by atoms with van der Waals surface area (Å²) in [5.74, 6) is 0.817. The number of hydrogen-bond acceptors (Lipinski definition) is 4. The van der Waals surface area contributed by atoms with Crippen LogP contribution in [0.15, 0.2) is 218 Å². The van der Waals surface area contributed by atoms with Crippen molar-refractivity contribution in [2.45, 2.75) is 0 Å². The second kappa shape index (κ2) is 14.9. The van der Waals surface area contributed by atoms with Crippen LogP contribution in [0.25, 0.3) is 115 Å². The predicted octanol–water partition coefficient (Wildman–Crippen LogP) is 15.3. The van der Waals surface area contributed by atoms with Crippen LogP contribution in [0.1, 0.15) is 16.4 Å². The highest BCUT2D eigenvalue weighted by Gasteiger charge is 2.22. The van der Waals surface area contributed by atoms with Crippen LogP contribution in [-0.4, -0.2) is 19.5 Å². The molecule has 0 unspecified atom stereocenters. The average Bonchev–Trinajstić information content (AvgIpc) is 4.01. The summed E-state index contributed by atoms with van der Waals surface area (Å²) >= 11 is 1.67. The van der Waals surface area contributed by atoms with E-state index in [4.69, 9.17) is 24.5 Å². The Morgan fingerprint density at radius 3 is 1.81 bits per heavy atom. The van der Waals surface area contributed by atoms with Crippen molar-refractivity contribution in [2.75, 3.05) is 0 Å². The third-order valence-electron chi connectivity index (χ3n) is 11.0. The standard InChI is InChI=1S/C57H36N4S/c1-4-15-37(16-5-1)39-27-29-41(30-28-39)56-58-55(40-19-8-3-9-20-40)59-57(60-56)48-36-43(44-23-14-26-53-54(44)46-22-11-13-25-52(46)62-53)32-34-51(48)61-49-24-12-10-21-45(49)47-35-42(31-33-50(47)61)38-17-6-2-7-18-38/h1-36H/i2D,6D,7D,10D,12D,17D,18D,21D,24D,31D,33D,35D. The van der Waals surface area contributed by atoms with Gasteiger partial charge in [-0.05, 0) is 75.8 Å². The zero-order valence-electron chi connectivity index (χ0n) is 44.6. The number of benzene rings is 9. The molecule has 5 heteroatoms. The molecule has 12 rings (SSSR count). The minimum atomic E-state index is -0.703. The molecule has 62 heavy (non-hydrogen) atoms. The number of para-hydroxylation sites is 1. The number of aromatic nitrogens is 4. The fraction of sp³-hybridized carbons (Fsp3) is 0. The molecule has 0 saturated heterocycles. The van der Waals surface area contributed by atoms with Crippen LogP contribution in [-0.2, 0) is 0 Å². The molecule has 0 radical (unpaired) electrons. The van der Waals surface area contributed by atoms with E-state index in [1.54, 1.807) is 17.4 Å². The van der Waals surface area contributed by atoms with Crippen LogP contribution >= 0.6 is 11.3 Å². The first-order valence-electron chi connectivity index (χ1n) is 25.9. The number of thiophene rings is 1. The molecule has 0 aliphatic heterocycles. The van der Waals surface area contributed by atoms with Gasteiger partial charge in [0.1, 0.15) is 0 Å². The molecule has 12 aromatic rings. The smallest absolute Gasteiger partial charge is 0.166 e. The van der Waals surface area contributed by atoms with Crippen molar-refractivity contribution in [3.05, 3.63) is 218 Å². The minimum absolute atomic E-state index is 0.125. The van der Waals surface area contributed by atoms with Gasteiger partial charge >= 0.3 is 0 Å². The van der Waals surface area contributed by atoms with Crippen molar-refractivity contribution in [1.82, 2.24) is 19.5 Å². The fourth-order valence-electron chi connectivity index (χ4n) is 8.13. The maximum Gasteiger partial charge on any atom is 0.166 e. The van der Waals surface area contributed by atoms with Gasteiger partial charge in [0.2, 0.25) is 0 Å². The molecule has 0 aliphatic carbocycles. The summed E-state index contributed by atoms with van der Waals surface area (Å²) in [6.07, 6.45) is 0. The van der Waals surface area contributed by atoms with Crippen molar-refractivity contribution in [1.29, 1.82) is 0 Å². The van der Waals surface area contributed by atoms with Crippen molar-refractivity contribution in [3.63, 3.8) is 0 Å². The van der Waals surface area contributed by atoms with Crippen LogP contribution in [0.5, 0.6) is 0 Å².